The molecule has 0 aliphatic heterocycles. The molecule has 0 saturated heterocycles. The third kappa shape index (κ3) is 3.17. The van der Waals surface area contributed by atoms with Gasteiger partial charge in [-0.2, -0.15) is 0 Å². The molecule has 1 atom stereocenters. The molecule has 3 rings (SSSR count). The minimum atomic E-state index is -0.407. The zero-order valence-corrected chi connectivity index (χ0v) is 13.1. The molecular formula is C18H21ClO2. The van der Waals surface area contributed by atoms with Crippen molar-refractivity contribution in [2.45, 2.75) is 45.1 Å². The van der Waals surface area contributed by atoms with Gasteiger partial charge in [0.2, 0.25) is 0 Å². The first-order valence-corrected chi connectivity index (χ1v) is 8.07. The van der Waals surface area contributed by atoms with Crippen molar-refractivity contribution in [3.8, 4) is 11.3 Å². The number of furan rings is 1. The molecule has 0 radical (unpaired) electrons. The van der Waals surface area contributed by atoms with E-state index >= 15 is 0 Å². The topological polar surface area (TPSA) is 33.4 Å². The van der Waals surface area contributed by atoms with E-state index in [1.54, 1.807) is 0 Å². The lowest BCUT2D eigenvalue weighted by molar-refractivity contribution is 0.0835. The molecule has 0 spiro atoms. The van der Waals surface area contributed by atoms with E-state index < -0.39 is 6.10 Å². The third-order valence-corrected chi connectivity index (χ3v) is 4.75. The van der Waals surface area contributed by atoms with Gasteiger partial charge in [-0.1, -0.05) is 30.9 Å². The lowest BCUT2D eigenvalue weighted by atomic mass is 9.83. The largest absolute Gasteiger partial charge is 0.461 e. The van der Waals surface area contributed by atoms with E-state index in [2.05, 4.69) is 0 Å². The van der Waals surface area contributed by atoms with Crippen LogP contribution in [0.4, 0.5) is 0 Å². The second-order valence-corrected chi connectivity index (χ2v) is 6.41. The van der Waals surface area contributed by atoms with Crippen LogP contribution in [0.15, 0.2) is 34.7 Å². The van der Waals surface area contributed by atoms with Crippen LogP contribution in [0, 0.1) is 12.8 Å². The molecule has 1 aromatic heterocycles. The molecule has 1 aliphatic rings. The van der Waals surface area contributed by atoms with Crippen LogP contribution in [0.2, 0.25) is 5.02 Å². The van der Waals surface area contributed by atoms with Crippen LogP contribution in [0.25, 0.3) is 11.3 Å². The Kier molecular flexibility index (Phi) is 4.37. The van der Waals surface area contributed by atoms with Crippen LogP contribution in [0.5, 0.6) is 0 Å². The van der Waals surface area contributed by atoms with E-state index in [0.29, 0.717) is 10.9 Å². The number of halogens is 1. The first kappa shape index (κ1) is 14.7. The van der Waals surface area contributed by atoms with E-state index in [1.807, 2.05) is 37.3 Å². The van der Waals surface area contributed by atoms with Gasteiger partial charge in [-0.05, 0) is 56.0 Å². The molecule has 1 N–H and O–H groups in total. The van der Waals surface area contributed by atoms with Crippen molar-refractivity contribution in [1.82, 2.24) is 0 Å². The summed E-state index contributed by atoms with van der Waals surface area (Å²) in [4.78, 5) is 0. The summed E-state index contributed by atoms with van der Waals surface area (Å²) in [6, 6.07) is 9.57. The van der Waals surface area contributed by atoms with Crippen molar-refractivity contribution < 1.29 is 9.52 Å². The van der Waals surface area contributed by atoms with Gasteiger partial charge in [-0.15, -0.1) is 0 Å². The predicted molar refractivity (Wildman–Crippen MR) is 85.4 cm³/mol. The van der Waals surface area contributed by atoms with E-state index in [0.717, 1.165) is 35.5 Å². The Labute approximate surface area is 130 Å². The second-order valence-electron chi connectivity index (χ2n) is 5.97. The summed E-state index contributed by atoms with van der Waals surface area (Å²) in [5, 5.41) is 11.4. The minimum Gasteiger partial charge on any atom is -0.461 e. The molecule has 0 amide bonds. The molecule has 2 nitrogen and oxygen atoms in total. The van der Waals surface area contributed by atoms with Crippen LogP contribution < -0.4 is 0 Å². The summed E-state index contributed by atoms with van der Waals surface area (Å²) in [6.45, 7) is 1.93. The second kappa shape index (κ2) is 6.25. The Morgan fingerprint density at radius 1 is 1.14 bits per heavy atom. The molecule has 3 heteroatoms. The number of hydrogen-bond donors (Lipinski definition) is 1. The average Bonchev–Trinajstić information content (AvgIpc) is 2.90. The van der Waals surface area contributed by atoms with Crippen LogP contribution in [-0.4, -0.2) is 5.11 Å². The lowest BCUT2D eigenvalue weighted by Gasteiger charge is -2.26. The van der Waals surface area contributed by atoms with Gasteiger partial charge >= 0.3 is 0 Å². The smallest absolute Gasteiger partial charge is 0.134 e. The Morgan fingerprint density at radius 2 is 1.81 bits per heavy atom. The molecule has 0 bridgehead atoms. The fourth-order valence-electron chi connectivity index (χ4n) is 3.25. The number of benzene rings is 1. The van der Waals surface area contributed by atoms with Crippen LogP contribution >= 0.6 is 11.6 Å². The number of rotatable bonds is 3. The summed E-state index contributed by atoms with van der Waals surface area (Å²) in [5.74, 6) is 1.99. The van der Waals surface area contributed by atoms with Gasteiger partial charge in [0.15, 0.2) is 0 Å². The van der Waals surface area contributed by atoms with Gasteiger partial charge in [-0.3, -0.25) is 0 Å². The number of aliphatic hydroxyl groups is 1. The normalized spacial score (nSPS) is 17.9. The maximum Gasteiger partial charge on any atom is 0.134 e. The fourth-order valence-corrected chi connectivity index (χ4v) is 3.38. The molecular weight excluding hydrogens is 284 g/mol. The highest BCUT2D eigenvalue weighted by Crippen LogP contribution is 2.38. The van der Waals surface area contributed by atoms with E-state index in [1.165, 1.54) is 19.3 Å². The molecule has 1 saturated carbocycles. The van der Waals surface area contributed by atoms with Crippen molar-refractivity contribution in [2.24, 2.45) is 5.92 Å². The van der Waals surface area contributed by atoms with Gasteiger partial charge in [-0.25, -0.2) is 0 Å². The Morgan fingerprint density at radius 3 is 2.48 bits per heavy atom. The van der Waals surface area contributed by atoms with E-state index in [4.69, 9.17) is 16.0 Å². The quantitative estimate of drug-likeness (QED) is 0.809. The number of hydrogen-bond acceptors (Lipinski definition) is 2. The SMILES string of the molecule is Cc1oc(-c2ccc(Cl)cc2)cc1C(O)C1CCCCC1. The predicted octanol–water partition coefficient (Wildman–Crippen LogP) is 5.52. The van der Waals surface area contributed by atoms with Gasteiger partial charge in [0, 0.05) is 16.1 Å². The van der Waals surface area contributed by atoms with Gasteiger partial charge in [0.1, 0.15) is 11.5 Å². The highest BCUT2D eigenvalue weighted by atomic mass is 35.5. The van der Waals surface area contributed by atoms with Crippen LogP contribution in [0.1, 0.15) is 49.5 Å². The zero-order valence-electron chi connectivity index (χ0n) is 12.3. The average molecular weight is 305 g/mol. The summed E-state index contributed by atoms with van der Waals surface area (Å²) >= 11 is 5.92. The Hall–Kier alpha value is -1.25. The molecule has 112 valence electrons. The monoisotopic (exact) mass is 304 g/mol. The van der Waals surface area contributed by atoms with Crippen molar-refractivity contribution in [3.05, 3.63) is 46.7 Å². The van der Waals surface area contributed by atoms with Crippen LogP contribution in [0.3, 0.4) is 0 Å². The summed E-state index contributed by atoms with van der Waals surface area (Å²) in [5.41, 5.74) is 1.93. The Balaban J connectivity index is 1.85. The molecule has 2 aromatic rings. The summed E-state index contributed by atoms with van der Waals surface area (Å²) < 4.78 is 5.85. The van der Waals surface area contributed by atoms with E-state index in [9.17, 15) is 5.11 Å². The van der Waals surface area contributed by atoms with Crippen molar-refractivity contribution >= 4 is 11.6 Å². The Bertz CT molecular complexity index is 594. The maximum atomic E-state index is 10.6. The number of aliphatic hydroxyl groups excluding tert-OH is 1. The van der Waals surface area contributed by atoms with Gasteiger partial charge < -0.3 is 9.52 Å². The van der Waals surface area contributed by atoms with Crippen molar-refractivity contribution in [2.75, 3.05) is 0 Å². The molecule has 1 aromatic carbocycles. The molecule has 1 heterocycles. The van der Waals surface area contributed by atoms with Crippen LogP contribution in [-0.2, 0) is 0 Å². The minimum absolute atomic E-state index is 0.369. The highest BCUT2D eigenvalue weighted by molar-refractivity contribution is 6.30. The summed E-state index contributed by atoms with van der Waals surface area (Å²) in [7, 11) is 0. The number of aryl methyl sites for hydroxylation is 1. The summed E-state index contributed by atoms with van der Waals surface area (Å²) in [6.07, 6.45) is 5.56. The molecule has 21 heavy (non-hydrogen) atoms. The van der Waals surface area contributed by atoms with Gasteiger partial charge in [0.25, 0.3) is 0 Å². The van der Waals surface area contributed by atoms with E-state index in [-0.39, 0.29) is 0 Å². The first-order chi connectivity index (χ1) is 10.1. The van der Waals surface area contributed by atoms with Gasteiger partial charge in [0.05, 0.1) is 6.10 Å². The van der Waals surface area contributed by atoms with Crippen molar-refractivity contribution in [3.63, 3.8) is 0 Å². The third-order valence-electron chi connectivity index (χ3n) is 4.50. The molecule has 1 unspecified atom stereocenters. The molecule has 1 aliphatic carbocycles. The first-order valence-electron chi connectivity index (χ1n) is 7.69. The zero-order chi connectivity index (χ0) is 14.8. The lowest BCUT2D eigenvalue weighted by Crippen LogP contribution is -2.16. The fraction of sp³-hybridized carbons (Fsp3) is 0.444. The molecule has 1 fully saturated rings. The van der Waals surface area contributed by atoms with Crippen molar-refractivity contribution in [1.29, 1.82) is 0 Å². The standard InChI is InChI=1S/C18H21ClO2/c1-12-16(18(20)14-5-3-2-4-6-14)11-17(21-12)13-7-9-15(19)10-8-13/h7-11,14,18,20H,2-6H2,1H3. The maximum absolute atomic E-state index is 10.6. The highest BCUT2D eigenvalue weighted by Gasteiger charge is 2.26.